The lowest BCUT2D eigenvalue weighted by Gasteiger charge is -2.06. The van der Waals surface area contributed by atoms with Gasteiger partial charge in [-0.3, -0.25) is 9.59 Å². The topological polar surface area (TPSA) is 59.3 Å². The zero-order valence-corrected chi connectivity index (χ0v) is 12.5. The molecule has 0 bridgehead atoms. The third-order valence-electron chi connectivity index (χ3n) is 4.00. The molecule has 1 atom stereocenters. The number of hydrogen-bond acceptors (Lipinski definition) is 2. The predicted octanol–water partition coefficient (Wildman–Crippen LogP) is 3.59. The summed E-state index contributed by atoms with van der Waals surface area (Å²) < 4.78 is 1.73. The van der Waals surface area contributed by atoms with Gasteiger partial charge in [-0.25, -0.2) is 0 Å². The summed E-state index contributed by atoms with van der Waals surface area (Å²) in [6.07, 6.45) is 2.19. The molecule has 2 heterocycles. The van der Waals surface area contributed by atoms with Crippen molar-refractivity contribution in [1.82, 2.24) is 4.57 Å². The number of fused-ring (bicyclic) bond motifs is 1. The second kappa shape index (κ2) is 5.46. The Morgan fingerprint density at radius 3 is 2.59 bits per heavy atom. The summed E-state index contributed by atoms with van der Waals surface area (Å²) in [4.78, 5) is 23.9. The van der Waals surface area contributed by atoms with Crippen LogP contribution < -0.4 is 0 Å². The van der Waals surface area contributed by atoms with Gasteiger partial charge in [0.05, 0.1) is 10.9 Å². The molecule has 0 amide bonds. The monoisotopic (exact) mass is 315 g/mol. The number of ketones is 1. The first-order valence-corrected chi connectivity index (χ1v) is 7.29. The maximum Gasteiger partial charge on any atom is 0.312 e. The zero-order chi connectivity index (χ0) is 15.9. The highest BCUT2D eigenvalue weighted by Crippen LogP contribution is 2.36. The van der Waals surface area contributed by atoms with E-state index in [9.17, 15) is 14.7 Å². The minimum absolute atomic E-state index is 0.196. The Morgan fingerprint density at radius 2 is 2.00 bits per heavy atom. The third kappa shape index (κ3) is 2.25. The number of carbonyl (C=O) groups excluding carboxylic acids is 1. The highest BCUT2D eigenvalue weighted by atomic mass is 35.5. The van der Waals surface area contributed by atoms with Gasteiger partial charge >= 0.3 is 5.97 Å². The van der Waals surface area contributed by atoms with Gasteiger partial charge in [0.2, 0.25) is 5.78 Å². The molecule has 4 nitrogen and oxygen atoms in total. The molecule has 0 saturated carbocycles. The molecule has 22 heavy (non-hydrogen) atoms. The lowest BCUT2D eigenvalue weighted by atomic mass is 10.0. The Balaban J connectivity index is 2.02. The van der Waals surface area contributed by atoms with Crippen molar-refractivity contribution in [2.75, 3.05) is 0 Å². The van der Waals surface area contributed by atoms with Gasteiger partial charge in [-0.05, 0) is 18.1 Å². The molecule has 1 N–H and O–H groups in total. The van der Waals surface area contributed by atoms with Crippen LogP contribution in [0.25, 0.3) is 6.08 Å². The van der Waals surface area contributed by atoms with Crippen molar-refractivity contribution in [1.29, 1.82) is 0 Å². The lowest BCUT2D eigenvalue weighted by molar-refractivity contribution is -0.138. The van der Waals surface area contributed by atoms with Crippen LogP contribution in [0, 0.1) is 0 Å². The number of halogens is 1. The third-order valence-corrected chi connectivity index (χ3v) is 4.29. The van der Waals surface area contributed by atoms with Gasteiger partial charge in [-0.1, -0.05) is 48.5 Å². The number of carbonyl (C=O) groups is 2. The molecule has 0 fully saturated rings. The SMILES string of the molecule is C=Cc1ccc(C(=O)c2c(Cl)cc3n2CCC3C(=O)O)cc1. The van der Waals surface area contributed by atoms with Crippen LogP contribution in [-0.2, 0) is 11.3 Å². The molecule has 0 radical (unpaired) electrons. The molecule has 3 rings (SSSR count). The number of rotatable bonds is 4. The van der Waals surface area contributed by atoms with E-state index in [1.165, 1.54) is 0 Å². The van der Waals surface area contributed by atoms with E-state index in [0.29, 0.717) is 34.9 Å². The lowest BCUT2D eigenvalue weighted by Crippen LogP contribution is -2.10. The second-order valence-corrected chi connectivity index (χ2v) is 5.66. The molecule has 1 aromatic heterocycles. The molecular weight excluding hydrogens is 302 g/mol. The van der Waals surface area contributed by atoms with Crippen molar-refractivity contribution in [2.45, 2.75) is 18.9 Å². The Bertz CT molecular complexity index is 774. The number of hydrogen-bond donors (Lipinski definition) is 1. The van der Waals surface area contributed by atoms with Crippen LogP contribution in [0.1, 0.15) is 39.6 Å². The maximum atomic E-state index is 12.7. The van der Waals surface area contributed by atoms with Gasteiger partial charge < -0.3 is 9.67 Å². The van der Waals surface area contributed by atoms with Gasteiger partial charge in [0.25, 0.3) is 0 Å². The van der Waals surface area contributed by atoms with Gasteiger partial charge in [0.15, 0.2) is 0 Å². The van der Waals surface area contributed by atoms with Gasteiger partial charge in [-0.2, -0.15) is 0 Å². The Kier molecular flexibility index (Phi) is 3.62. The highest BCUT2D eigenvalue weighted by molar-refractivity contribution is 6.35. The van der Waals surface area contributed by atoms with Crippen LogP contribution in [0.2, 0.25) is 5.02 Å². The average Bonchev–Trinajstić information content (AvgIpc) is 3.04. The molecule has 1 aliphatic rings. The minimum Gasteiger partial charge on any atom is -0.481 e. The molecule has 0 saturated heterocycles. The van der Waals surface area contributed by atoms with Crippen LogP contribution in [0.3, 0.4) is 0 Å². The molecule has 1 aliphatic heterocycles. The normalized spacial score (nSPS) is 16.3. The van der Waals surface area contributed by atoms with Crippen LogP contribution >= 0.6 is 11.6 Å². The molecule has 5 heteroatoms. The first-order chi connectivity index (χ1) is 10.5. The van der Waals surface area contributed by atoms with E-state index < -0.39 is 11.9 Å². The second-order valence-electron chi connectivity index (χ2n) is 5.25. The first kappa shape index (κ1) is 14.6. The molecule has 0 aliphatic carbocycles. The van der Waals surface area contributed by atoms with E-state index in [-0.39, 0.29) is 5.78 Å². The van der Waals surface area contributed by atoms with Crippen LogP contribution in [-0.4, -0.2) is 21.4 Å². The number of aliphatic carboxylic acids is 1. The number of carboxylic acids is 1. The molecule has 1 aromatic carbocycles. The summed E-state index contributed by atoms with van der Waals surface area (Å²) in [5.74, 6) is -1.68. The van der Waals surface area contributed by atoms with Gasteiger partial charge in [0, 0.05) is 17.8 Å². The summed E-state index contributed by atoms with van der Waals surface area (Å²) in [5.41, 5.74) is 2.41. The smallest absolute Gasteiger partial charge is 0.312 e. The fourth-order valence-electron chi connectivity index (χ4n) is 2.86. The summed E-state index contributed by atoms with van der Waals surface area (Å²) >= 11 is 6.19. The van der Waals surface area contributed by atoms with Crippen molar-refractivity contribution in [3.05, 3.63) is 64.4 Å². The van der Waals surface area contributed by atoms with Crippen molar-refractivity contribution < 1.29 is 14.7 Å². The summed E-state index contributed by atoms with van der Waals surface area (Å²) in [6, 6.07) is 8.65. The van der Waals surface area contributed by atoms with Crippen molar-refractivity contribution in [3.63, 3.8) is 0 Å². The molecule has 0 spiro atoms. The molecule has 2 aromatic rings. The number of carboxylic acid groups (broad SMARTS) is 1. The average molecular weight is 316 g/mol. The van der Waals surface area contributed by atoms with Gasteiger partial charge in [-0.15, -0.1) is 0 Å². The Hall–Kier alpha value is -2.33. The number of aromatic nitrogens is 1. The van der Waals surface area contributed by atoms with E-state index in [4.69, 9.17) is 11.6 Å². The number of nitrogens with zero attached hydrogens (tertiary/aromatic N) is 1. The van der Waals surface area contributed by atoms with Crippen molar-refractivity contribution in [3.8, 4) is 0 Å². The largest absolute Gasteiger partial charge is 0.481 e. The minimum atomic E-state index is -0.887. The van der Waals surface area contributed by atoms with Gasteiger partial charge in [0.1, 0.15) is 5.69 Å². The van der Waals surface area contributed by atoms with Crippen molar-refractivity contribution in [2.24, 2.45) is 0 Å². The molecule has 112 valence electrons. The van der Waals surface area contributed by atoms with Crippen molar-refractivity contribution >= 4 is 29.4 Å². The van der Waals surface area contributed by atoms with Crippen LogP contribution in [0.5, 0.6) is 0 Å². The molecule has 1 unspecified atom stereocenters. The van der Waals surface area contributed by atoms with E-state index in [1.807, 2.05) is 12.1 Å². The summed E-state index contributed by atoms with van der Waals surface area (Å²) in [6.45, 7) is 4.17. The maximum absolute atomic E-state index is 12.7. The number of benzene rings is 1. The Labute approximate surface area is 132 Å². The van der Waals surface area contributed by atoms with Crippen LogP contribution in [0.4, 0.5) is 0 Å². The fourth-order valence-corrected chi connectivity index (χ4v) is 3.16. The predicted molar refractivity (Wildman–Crippen MR) is 84.4 cm³/mol. The van der Waals surface area contributed by atoms with E-state index in [0.717, 1.165) is 5.56 Å². The zero-order valence-electron chi connectivity index (χ0n) is 11.8. The quantitative estimate of drug-likeness (QED) is 0.877. The standard InChI is InChI=1S/C17H14ClNO3/c1-2-10-3-5-11(6-4-10)16(20)15-13(18)9-14-12(17(21)22)7-8-19(14)15/h2-6,9,12H,1,7-8H2,(H,21,22). The van der Waals surface area contributed by atoms with Crippen LogP contribution in [0.15, 0.2) is 36.9 Å². The van der Waals surface area contributed by atoms with E-state index >= 15 is 0 Å². The first-order valence-electron chi connectivity index (χ1n) is 6.92. The Morgan fingerprint density at radius 1 is 1.32 bits per heavy atom. The summed E-state index contributed by atoms with van der Waals surface area (Å²) in [7, 11) is 0. The molecular formula is C17H14ClNO3. The summed E-state index contributed by atoms with van der Waals surface area (Å²) in [5, 5.41) is 9.53. The van der Waals surface area contributed by atoms with E-state index in [1.54, 1.807) is 28.8 Å². The van der Waals surface area contributed by atoms with E-state index in [2.05, 4.69) is 6.58 Å². The highest BCUT2D eigenvalue weighted by Gasteiger charge is 2.33. The fraction of sp³-hybridized carbons (Fsp3) is 0.176.